The van der Waals surface area contributed by atoms with Crippen molar-refractivity contribution in [2.75, 3.05) is 6.61 Å². The third-order valence-corrected chi connectivity index (χ3v) is 4.06. The van der Waals surface area contributed by atoms with Gasteiger partial charge in [0.15, 0.2) is 0 Å². The number of ether oxygens (including phenoxy) is 1. The number of hydrogen-bond acceptors (Lipinski definition) is 2. The summed E-state index contributed by atoms with van der Waals surface area (Å²) in [5.74, 6) is 1.64. The molecule has 0 saturated heterocycles. The van der Waals surface area contributed by atoms with E-state index in [-0.39, 0.29) is 6.10 Å². The highest BCUT2D eigenvalue weighted by Crippen LogP contribution is 2.54. The minimum absolute atomic E-state index is 0.326. The quantitative estimate of drug-likeness (QED) is 0.808. The summed E-state index contributed by atoms with van der Waals surface area (Å²) in [5, 5.41) is 10.4. The molecule has 1 N–H and O–H groups in total. The van der Waals surface area contributed by atoms with Gasteiger partial charge in [0.2, 0.25) is 0 Å². The normalized spacial score (nSPS) is 21.6. The van der Waals surface area contributed by atoms with Crippen LogP contribution in [0.1, 0.15) is 29.6 Å². The van der Waals surface area contributed by atoms with Gasteiger partial charge >= 0.3 is 0 Å². The number of benzene rings is 2. The molecule has 2 nitrogen and oxygen atoms in total. The van der Waals surface area contributed by atoms with Crippen LogP contribution in [0, 0.1) is 5.92 Å². The lowest BCUT2D eigenvalue weighted by Crippen LogP contribution is -2.01. The predicted octanol–water partition coefficient (Wildman–Crippen LogP) is 4.09. The number of aliphatic hydroxyl groups is 1. The maximum atomic E-state index is 10.4. The van der Waals surface area contributed by atoms with Crippen LogP contribution in [0.2, 0.25) is 0 Å². The summed E-state index contributed by atoms with van der Waals surface area (Å²) in [6.07, 6.45) is 2.41. The third kappa shape index (κ3) is 3.17. The maximum Gasteiger partial charge on any atom is 0.119 e. The fraction of sp³-hybridized carbons (Fsp3) is 0.263. The molecule has 1 saturated carbocycles. The standard InChI is InChI=1S/C19H20O2/c1-2-12-21-16-10-8-14(9-11-16)17-13-18(17)19(20)15-6-4-3-5-7-15/h2-11,17-20H,1,12-13H2. The second-order valence-corrected chi connectivity index (χ2v) is 5.53. The van der Waals surface area contributed by atoms with Crippen LogP contribution >= 0.6 is 0 Å². The molecule has 0 aliphatic heterocycles. The Balaban J connectivity index is 1.63. The molecule has 3 atom stereocenters. The molecule has 108 valence electrons. The Labute approximate surface area is 125 Å². The average molecular weight is 280 g/mol. The molecule has 1 aliphatic rings. The summed E-state index contributed by atoms with van der Waals surface area (Å²) in [4.78, 5) is 0. The van der Waals surface area contributed by atoms with E-state index in [1.807, 2.05) is 42.5 Å². The smallest absolute Gasteiger partial charge is 0.119 e. The molecule has 3 rings (SSSR count). The fourth-order valence-electron chi connectivity index (χ4n) is 2.81. The summed E-state index contributed by atoms with van der Waals surface area (Å²) in [6, 6.07) is 18.1. The monoisotopic (exact) mass is 280 g/mol. The zero-order valence-corrected chi connectivity index (χ0v) is 12.0. The second kappa shape index (κ2) is 6.15. The minimum atomic E-state index is -0.368. The van der Waals surface area contributed by atoms with Crippen molar-refractivity contribution in [1.82, 2.24) is 0 Å². The van der Waals surface area contributed by atoms with E-state index in [0.717, 1.165) is 17.7 Å². The molecule has 0 aromatic heterocycles. The predicted molar refractivity (Wildman–Crippen MR) is 84.4 cm³/mol. The fourth-order valence-corrected chi connectivity index (χ4v) is 2.81. The lowest BCUT2D eigenvalue weighted by atomic mass is 10.0. The molecule has 21 heavy (non-hydrogen) atoms. The molecule has 2 aromatic rings. The summed E-state index contributed by atoms with van der Waals surface area (Å²) in [6.45, 7) is 4.16. The lowest BCUT2D eigenvalue weighted by Gasteiger charge is -2.11. The number of aliphatic hydroxyl groups excluding tert-OH is 1. The van der Waals surface area contributed by atoms with Crippen molar-refractivity contribution >= 4 is 0 Å². The van der Waals surface area contributed by atoms with E-state index in [2.05, 4.69) is 18.7 Å². The number of rotatable bonds is 6. The van der Waals surface area contributed by atoms with Gasteiger partial charge in [-0.1, -0.05) is 55.1 Å². The molecule has 2 aromatic carbocycles. The third-order valence-electron chi connectivity index (χ3n) is 4.06. The Morgan fingerprint density at radius 3 is 2.52 bits per heavy atom. The van der Waals surface area contributed by atoms with Crippen LogP contribution in [0.3, 0.4) is 0 Å². The molecule has 1 fully saturated rings. The highest BCUT2D eigenvalue weighted by Gasteiger charge is 2.43. The van der Waals surface area contributed by atoms with E-state index in [1.165, 1.54) is 5.56 Å². The molecule has 0 amide bonds. The highest BCUT2D eigenvalue weighted by molar-refractivity contribution is 5.34. The van der Waals surface area contributed by atoms with Gasteiger partial charge in [0.25, 0.3) is 0 Å². The Morgan fingerprint density at radius 1 is 1.14 bits per heavy atom. The Bertz CT molecular complexity index is 589. The SMILES string of the molecule is C=CCOc1ccc(C2CC2C(O)c2ccccc2)cc1. The Kier molecular flexibility index (Phi) is 4.07. The second-order valence-electron chi connectivity index (χ2n) is 5.53. The van der Waals surface area contributed by atoms with Gasteiger partial charge in [-0.3, -0.25) is 0 Å². The maximum absolute atomic E-state index is 10.4. The van der Waals surface area contributed by atoms with Crippen molar-refractivity contribution in [1.29, 1.82) is 0 Å². The van der Waals surface area contributed by atoms with Crippen molar-refractivity contribution in [3.63, 3.8) is 0 Å². The topological polar surface area (TPSA) is 29.5 Å². The molecule has 0 radical (unpaired) electrons. The van der Waals surface area contributed by atoms with Gasteiger partial charge in [0.1, 0.15) is 12.4 Å². The summed E-state index contributed by atoms with van der Waals surface area (Å²) >= 11 is 0. The first-order valence-corrected chi connectivity index (χ1v) is 7.36. The van der Waals surface area contributed by atoms with Crippen LogP contribution in [0.25, 0.3) is 0 Å². The van der Waals surface area contributed by atoms with Crippen molar-refractivity contribution in [2.24, 2.45) is 5.92 Å². The zero-order chi connectivity index (χ0) is 14.7. The molecule has 2 heteroatoms. The molecule has 1 aliphatic carbocycles. The van der Waals surface area contributed by atoms with E-state index in [0.29, 0.717) is 18.4 Å². The van der Waals surface area contributed by atoms with Gasteiger partial charge in [0, 0.05) is 0 Å². The molecule has 0 heterocycles. The Hall–Kier alpha value is -2.06. The van der Waals surface area contributed by atoms with E-state index >= 15 is 0 Å². The van der Waals surface area contributed by atoms with Gasteiger partial charge < -0.3 is 9.84 Å². The van der Waals surface area contributed by atoms with Crippen LogP contribution in [-0.2, 0) is 0 Å². The lowest BCUT2D eigenvalue weighted by molar-refractivity contribution is 0.151. The molecule has 0 spiro atoms. The van der Waals surface area contributed by atoms with Gasteiger partial charge in [0.05, 0.1) is 6.10 Å². The van der Waals surface area contributed by atoms with Gasteiger partial charge in [-0.15, -0.1) is 0 Å². The first-order valence-electron chi connectivity index (χ1n) is 7.36. The largest absolute Gasteiger partial charge is 0.490 e. The van der Waals surface area contributed by atoms with E-state index in [9.17, 15) is 5.11 Å². The highest BCUT2D eigenvalue weighted by atomic mass is 16.5. The molecule has 3 unspecified atom stereocenters. The van der Waals surface area contributed by atoms with Gasteiger partial charge in [-0.2, -0.15) is 0 Å². The van der Waals surface area contributed by atoms with Crippen molar-refractivity contribution in [3.05, 3.63) is 78.4 Å². The van der Waals surface area contributed by atoms with Crippen molar-refractivity contribution in [2.45, 2.75) is 18.4 Å². The van der Waals surface area contributed by atoms with Crippen molar-refractivity contribution in [3.8, 4) is 5.75 Å². The van der Waals surface area contributed by atoms with Crippen molar-refractivity contribution < 1.29 is 9.84 Å². The molecule has 0 bridgehead atoms. The van der Waals surface area contributed by atoms with Crippen LogP contribution in [-0.4, -0.2) is 11.7 Å². The molecular weight excluding hydrogens is 260 g/mol. The van der Waals surface area contributed by atoms with Crippen LogP contribution < -0.4 is 4.74 Å². The first kappa shape index (κ1) is 13.9. The molecular formula is C19H20O2. The van der Waals surface area contributed by atoms with E-state index in [4.69, 9.17) is 4.74 Å². The van der Waals surface area contributed by atoms with Crippen LogP contribution in [0.15, 0.2) is 67.3 Å². The summed E-state index contributed by atoms with van der Waals surface area (Å²) in [5.41, 5.74) is 2.29. The van der Waals surface area contributed by atoms with E-state index in [1.54, 1.807) is 6.08 Å². The number of hydrogen-bond donors (Lipinski definition) is 1. The minimum Gasteiger partial charge on any atom is -0.490 e. The van der Waals surface area contributed by atoms with Gasteiger partial charge in [-0.25, -0.2) is 0 Å². The van der Waals surface area contributed by atoms with Crippen LogP contribution in [0.5, 0.6) is 5.75 Å². The summed E-state index contributed by atoms with van der Waals surface area (Å²) < 4.78 is 5.49. The van der Waals surface area contributed by atoms with E-state index < -0.39 is 0 Å². The summed E-state index contributed by atoms with van der Waals surface area (Å²) in [7, 11) is 0. The van der Waals surface area contributed by atoms with Crippen LogP contribution in [0.4, 0.5) is 0 Å². The first-order chi connectivity index (χ1) is 10.3. The average Bonchev–Trinajstić information content (AvgIpc) is 3.34. The zero-order valence-electron chi connectivity index (χ0n) is 12.0. The Morgan fingerprint density at radius 2 is 1.86 bits per heavy atom. The van der Waals surface area contributed by atoms with Gasteiger partial charge in [-0.05, 0) is 41.5 Å².